The molecule has 8 nitrogen and oxygen atoms in total. The number of rotatable bonds is 9. The molecule has 0 N–H and O–H groups in total. The van der Waals surface area contributed by atoms with E-state index in [-0.39, 0.29) is 45.7 Å². The van der Waals surface area contributed by atoms with Gasteiger partial charge in [0.1, 0.15) is 6.61 Å². The van der Waals surface area contributed by atoms with E-state index < -0.39 is 4.92 Å². The van der Waals surface area contributed by atoms with Crippen molar-refractivity contribution in [2.24, 2.45) is 0 Å². The topological polar surface area (TPSA) is 99.0 Å². The van der Waals surface area contributed by atoms with Crippen LogP contribution in [0.2, 0.25) is 5.02 Å². The van der Waals surface area contributed by atoms with Crippen LogP contribution < -0.4 is 9.47 Å². The molecule has 1 fully saturated rings. The number of imide groups is 1. The van der Waals surface area contributed by atoms with Crippen molar-refractivity contribution in [2.45, 2.75) is 20.1 Å². The average molecular weight is 575 g/mol. The smallest absolute Gasteiger partial charge is 0.293 e. The van der Waals surface area contributed by atoms with E-state index >= 15 is 0 Å². The molecule has 1 aliphatic heterocycles. The highest BCUT2D eigenvalue weighted by molar-refractivity contribution is 8.18. The van der Waals surface area contributed by atoms with E-state index in [2.05, 4.69) is 0 Å². The molecule has 0 unspecified atom stereocenters. The van der Waals surface area contributed by atoms with Gasteiger partial charge >= 0.3 is 0 Å². The van der Waals surface area contributed by atoms with Gasteiger partial charge in [0.05, 0.1) is 28.0 Å². The van der Waals surface area contributed by atoms with Crippen LogP contribution in [-0.4, -0.2) is 27.6 Å². The predicted octanol–water partition coefficient (Wildman–Crippen LogP) is 7.62. The predicted molar refractivity (Wildman–Crippen MR) is 156 cm³/mol. The van der Waals surface area contributed by atoms with E-state index in [1.165, 1.54) is 17.0 Å². The van der Waals surface area contributed by atoms with Crippen molar-refractivity contribution in [1.29, 1.82) is 0 Å². The fourth-order valence-electron chi connectivity index (χ4n) is 4.38. The lowest BCUT2D eigenvalue weighted by molar-refractivity contribution is -0.384. The summed E-state index contributed by atoms with van der Waals surface area (Å²) in [6, 6.07) is 23.1. The number of ether oxygens (including phenoxy) is 2. The Bertz CT molecular complexity index is 1670. The summed E-state index contributed by atoms with van der Waals surface area (Å²) < 4.78 is 11.6. The fourth-order valence-corrected chi connectivity index (χ4v) is 5.49. The van der Waals surface area contributed by atoms with E-state index in [0.717, 1.165) is 28.1 Å². The maximum atomic E-state index is 13.2. The van der Waals surface area contributed by atoms with Crippen molar-refractivity contribution in [3.05, 3.63) is 116 Å². The minimum Gasteiger partial charge on any atom is -0.490 e. The molecule has 0 aromatic heterocycles. The number of nitro benzene ring substituents is 1. The largest absolute Gasteiger partial charge is 0.490 e. The third kappa shape index (κ3) is 5.80. The van der Waals surface area contributed by atoms with Gasteiger partial charge in [-0.25, -0.2) is 0 Å². The highest BCUT2D eigenvalue weighted by atomic mass is 35.5. The van der Waals surface area contributed by atoms with Crippen molar-refractivity contribution in [2.75, 3.05) is 6.61 Å². The van der Waals surface area contributed by atoms with Crippen molar-refractivity contribution in [1.82, 2.24) is 4.90 Å². The highest BCUT2D eigenvalue weighted by Gasteiger charge is 2.35. The summed E-state index contributed by atoms with van der Waals surface area (Å²) in [6.45, 7) is 2.34. The lowest BCUT2D eigenvalue weighted by atomic mass is 10.0. The third-order valence-electron chi connectivity index (χ3n) is 6.22. The van der Waals surface area contributed by atoms with Crippen LogP contribution in [0, 0.1) is 10.1 Å². The molecule has 40 heavy (non-hydrogen) atoms. The first-order valence-corrected chi connectivity index (χ1v) is 13.6. The second-order valence-electron chi connectivity index (χ2n) is 8.88. The third-order valence-corrected chi connectivity index (χ3v) is 7.40. The molecule has 5 rings (SSSR count). The number of thioether (sulfide) groups is 1. The molecule has 1 aliphatic rings. The van der Waals surface area contributed by atoms with Crippen LogP contribution in [0.3, 0.4) is 0 Å². The summed E-state index contributed by atoms with van der Waals surface area (Å²) in [5.74, 6) is 0.237. The average Bonchev–Trinajstić information content (AvgIpc) is 3.20. The Kier molecular flexibility index (Phi) is 8.04. The Morgan fingerprint density at radius 2 is 1.77 bits per heavy atom. The van der Waals surface area contributed by atoms with E-state index in [4.69, 9.17) is 21.1 Å². The lowest BCUT2D eigenvalue weighted by Gasteiger charge is -2.15. The van der Waals surface area contributed by atoms with Gasteiger partial charge in [0.15, 0.2) is 11.5 Å². The molecule has 0 radical (unpaired) electrons. The van der Waals surface area contributed by atoms with Crippen LogP contribution >= 0.6 is 23.4 Å². The van der Waals surface area contributed by atoms with Gasteiger partial charge in [0, 0.05) is 12.1 Å². The lowest BCUT2D eigenvalue weighted by Crippen LogP contribution is -2.27. The molecule has 4 aromatic carbocycles. The summed E-state index contributed by atoms with van der Waals surface area (Å²) in [5, 5.41) is 13.0. The number of hydrogen-bond acceptors (Lipinski definition) is 7. The van der Waals surface area contributed by atoms with Gasteiger partial charge in [0.2, 0.25) is 0 Å². The Morgan fingerprint density at radius 1 is 1.00 bits per heavy atom. The molecule has 0 saturated carbocycles. The van der Waals surface area contributed by atoms with Crippen LogP contribution in [0.25, 0.3) is 16.8 Å². The molecule has 0 aliphatic carbocycles. The minimum atomic E-state index is -0.472. The zero-order valence-electron chi connectivity index (χ0n) is 21.3. The number of halogens is 1. The second kappa shape index (κ2) is 11.8. The molecule has 0 atom stereocenters. The summed E-state index contributed by atoms with van der Waals surface area (Å²) >= 11 is 7.42. The zero-order valence-corrected chi connectivity index (χ0v) is 22.9. The molecule has 1 heterocycles. The summed E-state index contributed by atoms with van der Waals surface area (Å²) in [7, 11) is 0. The van der Waals surface area contributed by atoms with Gasteiger partial charge in [-0.1, -0.05) is 66.2 Å². The van der Waals surface area contributed by atoms with Crippen LogP contribution in [0.5, 0.6) is 11.5 Å². The molecule has 0 spiro atoms. The van der Waals surface area contributed by atoms with Gasteiger partial charge < -0.3 is 9.47 Å². The molecule has 2 amide bonds. The molecule has 1 saturated heterocycles. The molecule has 4 aromatic rings. The molecular formula is C30H23ClN2O6S. The van der Waals surface area contributed by atoms with Crippen molar-refractivity contribution in [3.8, 4) is 11.5 Å². The maximum Gasteiger partial charge on any atom is 0.293 e. The number of non-ortho nitro benzene ring substituents is 1. The summed E-state index contributed by atoms with van der Waals surface area (Å²) in [4.78, 5) is 38.2. The SMILES string of the molecule is CCOc1cc(/C=C2/SC(=O)N(Cc3cccc4ccccc34)C2=O)cc(Cl)c1OCc1cccc([N+](=O)[O-])c1. The number of nitro groups is 1. The van der Waals surface area contributed by atoms with Gasteiger partial charge in [-0.15, -0.1) is 0 Å². The monoisotopic (exact) mass is 574 g/mol. The van der Waals surface area contributed by atoms with E-state index in [9.17, 15) is 19.7 Å². The Labute approximate surface area is 239 Å². The molecule has 202 valence electrons. The quantitative estimate of drug-likeness (QED) is 0.115. The van der Waals surface area contributed by atoms with E-state index in [1.807, 2.05) is 49.4 Å². The standard InChI is InChI=1S/C30H23ClN2O6S/c1-2-38-26-15-20(14-25(31)28(26)39-18-19-7-5-11-23(13-19)33(36)37)16-27-29(34)32(30(35)40-27)17-22-10-6-9-21-8-3-4-12-24(21)22/h3-16H,2,17-18H2,1H3/b27-16+. The minimum absolute atomic E-state index is 0.0356. The number of carbonyl (C=O) groups is 2. The van der Waals surface area contributed by atoms with Crippen molar-refractivity contribution >= 4 is 57.0 Å². The van der Waals surface area contributed by atoms with Crippen LogP contribution in [0.15, 0.2) is 83.8 Å². The van der Waals surface area contributed by atoms with Crippen LogP contribution in [0.4, 0.5) is 10.5 Å². The number of benzene rings is 4. The second-order valence-corrected chi connectivity index (χ2v) is 10.3. The van der Waals surface area contributed by atoms with Crippen molar-refractivity contribution in [3.63, 3.8) is 0 Å². The number of nitrogens with zero attached hydrogens (tertiary/aromatic N) is 2. The maximum absolute atomic E-state index is 13.2. The number of amides is 2. The number of hydrogen-bond donors (Lipinski definition) is 0. The van der Waals surface area contributed by atoms with E-state index in [1.54, 1.807) is 30.3 Å². The first-order chi connectivity index (χ1) is 19.3. The van der Waals surface area contributed by atoms with Gasteiger partial charge in [0.25, 0.3) is 16.8 Å². The zero-order chi connectivity index (χ0) is 28.2. The first-order valence-electron chi connectivity index (χ1n) is 12.4. The molecule has 10 heteroatoms. The van der Waals surface area contributed by atoms with E-state index in [0.29, 0.717) is 23.5 Å². The Morgan fingerprint density at radius 3 is 2.58 bits per heavy atom. The highest BCUT2D eigenvalue weighted by Crippen LogP contribution is 2.40. The van der Waals surface area contributed by atoms with Crippen LogP contribution in [0.1, 0.15) is 23.6 Å². The number of carbonyl (C=O) groups excluding carboxylic acids is 2. The van der Waals surface area contributed by atoms with Crippen LogP contribution in [-0.2, 0) is 17.9 Å². The number of fused-ring (bicyclic) bond motifs is 1. The van der Waals surface area contributed by atoms with Gasteiger partial charge in [-0.3, -0.25) is 24.6 Å². The summed E-state index contributed by atoms with van der Waals surface area (Å²) in [5.41, 5.74) is 2.00. The fraction of sp³-hybridized carbons (Fsp3) is 0.133. The molecule has 0 bridgehead atoms. The summed E-state index contributed by atoms with van der Waals surface area (Å²) in [6.07, 6.45) is 1.60. The molecular weight excluding hydrogens is 552 g/mol. The van der Waals surface area contributed by atoms with Crippen molar-refractivity contribution < 1.29 is 24.0 Å². The Balaban J connectivity index is 1.37. The normalized spacial score (nSPS) is 14.2. The van der Waals surface area contributed by atoms with Gasteiger partial charge in [-0.05, 0) is 64.4 Å². The first kappa shape index (κ1) is 27.2. The van der Waals surface area contributed by atoms with Gasteiger partial charge in [-0.2, -0.15) is 0 Å². The Hall–Kier alpha value is -4.34.